The van der Waals surface area contributed by atoms with Gasteiger partial charge in [-0.05, 0) is 6.08 Å². The third kappa shape index (κ3) is 1.96. The zero-order valence-corrected chi connectivity index (χ0v) is 7.75. The predicted molar refractivity (Wildman–Crippen MR) is 47.8 cm³/mol. The molecule has 1 rings (SSSR count). The van der Waals surface area contributed by atoms with Crippen LogP contribution >= 0.6 is 11.6 Å². The summed E-state index contributed by atoms with van der Waals surface area (Å²) < 4.78 is 21.0. The Labute approximate surface area is 80.0 Å². The molecule has 0 spiro atoms. The molecule has 0 heterocycles. The lowest BCUT2D eigenvalue weighted by molar-refractivity contribution is -0.425. The van der Waals surface area contributed by atoms with Crippen LogP contribution in [0.3, 0.4) is 0 Å². The smallest absolute Gasteiger partial charge is 0.259 e. The summed E-state index contributed by atoms with van der Waals surface area (Å²) in [6.07, 6.45) is 3.68. The van der Waals surface area contributed by atoms with Gasteiger partial charge >= 0.3 is 0 Å². The van der Waals surface area contributed by atoms with Crippen molar-refractivity contribution in [3.05, 3.63) is 34.0 Å². The molecule has 1 unspecified atom stereocenters. The minimum absolute atomic E-state index is 0.184. The van der Waals surface area contributed by atoms with Gasteiger partial charge in [-0.25, -0.2) is 0 Å². The highest BCUT2D eigenvalue weighted by atomic mass is 35.5. The fourth-order valence-electron chi connectivity index (χ4n) is 0.850. The van der Waals surface area contributed by atoms with Crippen LogP contribution in [0.1, 0.15) is 0 Å². The molecule has 70 valence electrons. The molecule has 0 N–H and O–H groups in total. The lowest BCUT2D eigenvalue weighted by atomic mass is 10.1. The standard InChI is InChI=1S/C6H4ClNO4S/c7-6-4(8(9)10)2-1-3-5(6)13(11)12/h1-3,6H. The van der Waals surface area contributed by atoms with Crippen molar-refractivity contribution < 1.29 is 13.3 Å². The fraction of sp³-hybridized carbons (Fsp3) is 0.167. The quantitative estimate of drug-likeness (QED) is 0.278. The molecule has 1 aliphatic carbocycles. The first-order valence-electron chi connectivity index (χ1n) is 3.17. The highest BCUT2D eigenvalue weighted by Gasteiger charge is 2.28. The number of allylic oxidation sites excluding steroid dienone is 4. The van der Waals surface area contributed by atoms with E-state index in [-0.39, 0.29) is 10.6 Å². The van der Waals surface area contributed by atoms with Crippen LogP contribution in [0.2, 0.25) is 0 Å². The highest BCUT2D eigenvalue weighted by Crippen LogP contribution is 2.16. The summed E-state index contributed by atoms with van der Waals surface area (Å²) in [5, 5.41) is 9.14. The van der Waals surface area contributed by atoms with Crippen LogP contribution in [0, 0.1) is 10.1 Å². The van der Waals surface area contributed by atoms with Crippen molar-refractivity contribution in [1.82, 2.24) is 0 Å². The van der Waals surface area contributed by atoms with Crippen molar-refractivity contribution in [2.24, 2.45) is 0 Å². The highest BCUT2D eigenvalue weighted by molar-refractivity contribution is 7.73. The Kier molecular flexibility index (Phi) is 2.84. The van der Waals surface area contributed by atoms with Crippen molar-refractivity contribution in [2.45, 2.75) is 5.38 Å². The van der Waals surface area contributed by atoms with Crippen LogP contribution in [0.5, 0.6) is 0 Å². The van der Waals surface area contributed by atoms with Gasteiger partial charge in [-0.15, -0.1) is 11.6 Å². The van der Waals surface area contributed by atoms with E-state index in [4.69, 9.17) is 11.6 Å². The zero-order valence-electron chi connectivity index (χ0n) is 6.18. The lowest BCUT2D eigenvalue weighted by Gasteiger charge is -2.06. The molecule has 0 saturated heterocycles. The van der Waals surface area contributed by atoms with Crippen molar-refractivity contribution >= 4 is 26.8 Å². The van der Waals surface area contributed by atoms with E-state index in [1.165, 1.54) is 18.2 Å². The van der Waals surface area contributed by atoms with E-state index in [2.05, 4.69) is 0 Å². The van der Waals surface area contributed by atoms with Gasteiger partial charge in [0.15, 0.2) is 5.38 Å². The lowest BCUT2D eigenvalue weighted by Crippen LogP contribution is -2.23. The largest absolute Gasteiger partial charge is 0.269 e. The van der Waals surface area contributed by atoms with Gasteiger partial charge in [0.05, 0.1) is 4.92 Å². The zero-order chi connectivity index (χ0) is 10.0. The van der Waals surface area contributed by atoms with Crippen LogP contribution in [0.15, 0.2) is 23.9 Å². The third-order valence-corrected chi connectivity index (χ3v) is 2.78. The molecule has 0 aromatic rings. The topological polar surface area (TPSA) is 77.3 Å². The van der Waals surface area contributed by atoms with Gasteiger partial charge in [0.25, 0.3) is 5.70 Å². The number of nitro groups is 1. The summed E-state index contributed by atoms with van der Waals surface area (Å²) in [7, 11) is -2.52. The Morgan fingerprint density at radius 3 is 2.62 bits per heavy atom. The molecule has 1 aliphatic rings. The maximum Gasteiger partial charge on any atom is 0.269 e. The molecule has 0 aromatic heterocycles. The minimum atomic E-state index is -2.52. The summed E-state index contributed by atoms with van der Waals surface area (Å²) in [6, 6.07) is 0. The van der Waals surface area contributed by atoms with E-state index in [1.807, 2.05) is 0 Å². The van der Waals surface area contributed by atoms with Crippen LogP contribution in [0.25, 0.3) is 0 Å². The normalized spacial score (nSPS) is 21.2. The third-order valence-electron chi connectivity index (χ3n) is 1.44. The SMILES string of the molecule is O=[N+]([O-])C1=CC=CC(=S(=O)=O)C1Cl. The van der Waals surface area contributed by atoms with Gasteiger partial charge in [0.2, 0.25) is 10.3 Å². The van der Waals surface area contributed by atoms with Gasteiger partial charge in [0, 0.05) is 6.08 Å². The Hall–Kier alpha value is -1.14. The molecule has 0 aromatic carbocycles. The first kappa shape index (κ1) is 9.94. The minimum Gasteiger partial charge on any atom is -0.259 e. The van der Waals surface area contributed by atoms with Gasteiger partial charge < -0.3 is 0 Å². The average molecular weight is 222 g/mol. The van der Waals surface area contributed by atoms with Crippen molar-refractivity contribution in [3.63, 3.8) is 0 Å². The van der Waals surface area contributed by atoms with Crippen molar-refractivity contribution in [3.8, 4) is 0 Å². The second kappa shape index (κ2) is 3.71. The fourth-order valence-corrected chi connectivity index (χ4v) is 1.77. The molecule has 7 heteroatoms. The van der Waals surface area contributed by atoms with Crippen LogP contribution in [-0.4, -0.2) is 23.6 Å². The van der Waals surface area contributed by atoms with E-state index in [1.54, 1.807) is 0 Å². The van der Waals surface area contributed by atoms with Gasteiger partial charge in [-0.1, -0.05) is 6.08 Å². The number of hydrogen-bond donors (Lipinski definition) is 0. The van der Waals surface area contributed by atoms with Crippen LogP contribution < -0.4 is 0 Å². The molecular formula is C6H4ClNO4S. The molecule has 1 atom stereocenters. The van der Waals surface area contributed by atoms with Crippen LogP contribution in [0.4, 0.5) is 0 Å². The monoisotopic (exact) mass is 221 g/mol. The summed E-state index contributed by atoms with van der Waals surface area (Å²) in [6.45, 7) is 0. The first-order valence-corrected chi connectivity index (χ1v) is 4.68. The molecule has 0 saturated carbocycles. The Morgan fingerprint density at radius 2 is 2.15 bits per heavy atom. The van der Waals surface area contributed by atoms with E-state index < -0.39 is 20.6 Å². The number of halogens is 1. The molecule has 0 amide bonds. The summed E-state index contributed by atoms with van der Waals surface area (Å²) >= 11 is 5.55. The van der Waals surface area contributed by atoms with Gasteiger partial charge in [-0.2, -0.15) is 8.42 Å². The van der Waals surface area contributed by atoms with Crippen molar-refractivity contribution in [1.29, 1.82) is 0 Å². The summed E-state index contributed by atoms with van der Waals surface area (Å²) in [4.78, 5) is 9.45. The van der Waals surface area contributed by atoms with Gasteiger partial charge in [-0.3, -0.25) is 10.1 Å². The maximum atomic E-state index is 10.5. The number of hydrogen-bond acceptors (Lipinski definition) is 4. The van der Waals surface area contributed by atoms with Gasteiger partial charge in [0.1, 0.15) is 4.86 Å². The van der Waals surface area contributed by atoms with E-state index in [9.17, 15) is 18.5 Å². The maximum absolute atomic E-state index is 10.5. The Balaban J connectivity index is 3.23. The summed E-state index contributed by atoms with van der Waals surface area (Å²) in [5.74, 6) is 0. The second-order valence-corrected chi connectivity index (χ2v) is 3.58. The molecule has 0 fully saturated rings. The second-order valence-electron chi connectivity index (χ2n) is 2.21. The molecule has 0 radical (unpaired) electrons. The molecule has 0 aliphatic heterocycles. The van der Waals surface area contributed by atoms with E-state index >= 15 is 0 Å². The average Bonchev–Trinajstić information content (AvgIpc) is 2.03. The number of nitrogens with zero attached hydrogens (tertiary/aromatic N) is 1. The van der Waals surface area contributed by atoms with Crippen LogP contribution in [-0.2, 0) is 10.3 Å². The van der Waals surface area contributed by atoms with E-state index in [0.717, 1.165) is 0 Å². The summed E-state index contributed by atoms with van der Waals surface area (Å²) in [5.41, 5.74) is -0.330. The van der Waals surface area contributed by atoms with E-state index in [0.29, 0.717) is 0 Å². The first-order chi connectivity index (χ1) is 6.04. The Bertz CT molecular complexity index is 426. The molecular weight excluding hydrogens is 218 g/mol. The number of alkyl halides is 1. The Morgan fingerprint density at radius 1 is 1.54 bits per heavy atom. The molecule has 13 heavy (non-hydrogen) atoms. The number of rotatable bonds is 1. The molecule has 5 nitrogen and oxygen atoms in total. The molecule has 0 bridgehead atoms. The van der Waals surface area contributed by atoms with Crippen molar-refractivity contribution in [2.75, 3.05) is 0 Å². The predicted octanol–water partition coefficient (Wildman–Crippen LogP) is 0.376.